The largest absolute Gasteiger partial charge is 0.319 e. The van der Waals surface area contributed by atoms with Gasteiger partial charge in [0, 0.05) is 11.1 Å². The van der Waals surface area contributed by atoms with E-state index in [0.717, 1.165) is 35.7 Å². The van der Waals surface area contributed by atoms with Crippen LogP contribution in [0.4, 0.5) is 0 Å². The van der Waals surface area contributed by atoms with Crippen LogP contribution in [0.3, 0.4) is 0 Å². The van der Waals surface area contributed by atoms with E-state index >= 15 is 0 Å². The third-order valence-electron chi connectivity index (χ3n) is 2.80. The van der Waals surface area contributed by atoms with E-state index in [2.05, 4.69) is 10.3 Å². The highest BCUT2D eigenvalue weighted by Gasteiger charge is 2.34. The molecule has 1 N–H and O–H groups in total. The zero-order valence-electron chi connectivity index (χ0n) is 9.27. The van der Waals surface area contributed by atoms with E-state index in [9.17, 15) is 8.42 Å². The molecule has 0 spiro atoms. The molecule has 0 aromatic carbocycles. The van der Waals surface area contributed by atoms with Crippen LogP contribution >= 0.6 is 11.3 Å². The molecule has 0 aliphatic carbocycles. The number of sulfone groups is 1. The Morgan fingerprint density at radius 2 is 2.44 bits per heavy atom. The molecule has 1 fully saturated rings. The average Bonchev–Trinajstić information content (AvgIpc) is 2.81. The summed E-state index contributed by atoms with van der Waals surface area (Å²) in [7, 11) is -1.01. The predicted molar refractivity (Wildman–Crippen MR) is 65.5 cm³/mol. The smallest absolute Gasteiger partial charge is 0.159 e. The van der Waals surface area contributed by atoms with Crippen molar-refractivity contribution in [3.8, 4) is 0 Å². The molecular weight excluding hydrogens is 244 g/mol. The van der Waals surface area contributed by atoms with E-state index in [1.165, 1.54) is 0 Å². The van der Waals surface area contributed by atoms with Gasteiger partial charge >= 0.3 is 0 Å². The molecule has 2 heterocycles. The summed E-state index contributed by atoms with van der Waals surface area (Å²) < 4.78 is 23.5. The van der Waals surface area contributed by atoms with Crippen molar-refractivity contribution in [1.29, 1.82) is 0 Å². The molecule has 1 aliphatic rings. The number of thiazole rings is 1. The fourth-order valence-electron chi connectivity index (χ4n) is 1.90. The Hall–Kier alpha value is -0.460. The first-order valence-corrected chi connectivity index (χ1v) is 7.97. The molecule has 1 saturated heterocycles. The van der Waals surface area contributed by atoms with Crippen LogP contribution in [0.15, 0.2) is 6.20 Å². The van der Waals surface area contributed by atoms with Crippen LogP contribution in [0.2, 0.25) is 0 Å². The first kappa shape index (κ1) is 12.0. The second-order valence-corrected chi connectivity index (χ2v) is 7.47. The zero-order valence-corrected chi connectivity index (χ0v) is 10.9. The van der Waals surface area contributed by atoms with E-state index in [0.29, 0.717) is 5.75 Å². The van der Waals surface area contributed by atoms with Gasteiger partial charge in [-0.1, -0.05) is 0 Å². The average molecular weight is 260 g/mol. The molecule has 0 bridgehead atoms. The quantitative estimate of drug-likeness (QED) is 0.882. The summed E-state index contributed by atoms with van der Waals surface area (Å²) >= 11 is 1.54. The standard InChI is InChI=1S/C10H16N2O2S2/c1-11-5-4-8-7-12-10(15-8)9-3-2-6-16(9,13)14/h7,9,11H,2-6H2,1H3. The molecule has 6 heteroatoms. The van der Waals surface area contributed by atoms with E-state index in [-0.39, 0.29) is 5.25 Å². The topological polar surface area (TPSA) is 59.1 Å². The van der Waals surface area contributed by atoms with Crippen LogP contribution in [-0.2, 0) is 16.3 Å². The van der Waals surface area contributed by atoms with E-state index in [1.54, 1.807) is 11.3 Å². The Morgan fingerprint density at radius 1 is 1.62 bits per heavy atom. The molecule has 4 nitrogen and oxygen atoms in total. The van der Waals surface area contributed by atoms with Gasteiger partial charge in [-0.25, -0.2) is 13.4 Å². The third-order valence-corrected chi connectivity index (χ3v) is 6.30. The maximum Gasteiger partial charge on any atom is 0.159 e. The summed E-state index contributed by atoms with van der Waals surface area (Å²) in [5.74, 6) is 0.323. The molecule has 1 atom stereocenters. The molecular formula is C10H16N2O2S2. The van der Waals surface area contributed by atoms with Gasteiger partial charge in [0.1, 0.15) is 10.3 Å². The Balaban J connectivity index is 2.13. The summed E-state index contributed by atoms with van der Waals surface area (Å²) in [4.78, 5) is 5.42. The van der Waals surface area contributed by atoms with Crippen molar-refractivity contribution in [2.24, 2.45) is 0 Å². The van der Waals surface area contributed by atoms with Gasteiger partial charge < -0.3 is 5.32 Å². The summed E-state index contributed by atoms with van der Waals surface area (Å²) in [6.45, 7) is 0.902. The number of hydrogen-bond donors (Lipinski definition) is 1. The molecule has 2 rings (SSSR count). The fraction of sp³-hybridized carbons (Fsp3) is 0.700. The first-order chi connectivity index (χ1) is 7.63. The second kappa shape index (κ2) is 4.81. The lowest BCUT2D eigenvalue weighted by molar-refractivity contribution is 0.592. The van der Waals surface area contributed by atoms with Gasteiger partial charge in [0.25, 0.3) is 0 Å². The monoisotopic (exact) mass is 260 g/mol. The molecule has 0 radical (unpaired) electrons. The maximum absolute atomic E-state index is 11.7. The summed E-state index contributed by atoms with van der Waals surface area (Å²) in [5.41, 5.74) is 0. The van der Waals surface area contributed by atoms with Crippen molar-refractivity contribution >= 4 is 21.2 Å². The van der Waals surface area contributed by atoms with Crippen molar-refractivity contribution in [3.05, 3.63) is 16.1 Å². The highest BCUT2D eigenvalue weighted by Crippen LogP contribution is 2.36. The van der Waals surface area contributed by atoms with Gasteiger partial charge in [-0.3, -0.25) is 0 Å². The lowest BCUT2D eigenvalue weighted by Gasteiger charge is -2.03. The minimum Gasteiger partial charge on any atom is -0.319 e. The van der Waals surface area contributed by atoms with Crippen molar-refractivity contribution in [1.82, 2.24) is 10.3 Å². The molecule has 1 aromatic heterocycles. The van der Waals surface area contributed by atoms with Crippen LogP contribution in [0, 0.1) is 0 Å². The molecule has 1 unspecified atom stereocenters. The van der Waals surface area contributed by atoms with Crippen LogP contribution in [0.5, 0.6) is 0 Å². The maximum atomic E-state index is 11.7. The molecule has 1 aromatic rings. The number of aromatic nitrogens is 1. The Bertz CT molecular complexity index is 453. The minimum absolute atomic E-state index is 0.323. The Labute approximate surface area is 100 Å². The fourth-order valence-corrected chi connectivity index (χ4v) is 5.17. The number of nitrogens with zero attached hydrogens (tertiary/aromatic N) is 1. The van der Waals surface area contributed by atoms with E-state index < -0.39 is 9.84 Å². The van der Waals surface area contributed by atoms with Crippen LogP contribution in [0.1, 0.15) is 28.0 Å². The van der Waals surface area contributed by atoms with Crippen LogP contribution < -0.4 is 5.32 Å². The van der Waals surface area contributed by atoms with Crippen molar-refractivity contribution in [2.45, 2.75) is 24.5 Å². The highest BCUT2D eigenvalue weighted by molar-refractivity contribution is 7.92. The molecule has 0 saturated carbocycles. The Morgan fingerprint density at radius 3 is 3.06 bits per heavy atom. The summed E-state index contributed by atoms with van der Waals surface area (Å²) in [6.07, 6.45) is 4.24. The first-order valence-electron chi connectivity index (χ1n) is 5.44. The van der Waals surface area contributed by atoms with Crippen LogP contribution in [-0.4, -0.2) is 32.7 Å². The summed E-state index contributed by atoms with van der Waals surface area (Å²) in [6, 6.07) is 0. The van der Waals surface area contributed by atoms with E-state index in [1.807, 2.05) is 13.2 Å². The van der Waals surface area contributed by atoms with Gasteiger partial charge in [0.15, 0.2) is 9.84 Å². The van der Waals surface area contributed by atoms with Gasteiger partial charge in [0.05, 0.1) is 5.75 Å². The van der Waals surface area contributed by atoms with Crippen molar-refractivity contribution in [2.75, 3.05) is 19.3 Å². The molecule has 16 heavy (non-hydrogen) atoms. The Kier molecular flexibility index (Phi) is 3.61. The molecule has 0 amide bonds. The third kappa shape index (κ3) is 2.44. The lowest BCUT2D eigenvalue weighted by Crippen LogP contribution is -2.09. The number of nitrogens with one attached hydrogen (secondary N) is 1. The van der Waals surface area contributed by atoms with Gasteiger partial charge in [-0.05, 0) is 32.9 Å². The second-order valence-electron chi connectivity index (χ2n) is 4.02. The highest BCUT2D eigenvalue weighted by atomic mass is 32.2. The van der Waals surface area contributed by atoms with Crippen molar-refractivity contribution < 1.29 is 8.42 Å². The van der Waals surface area contributed by atoms with E-state index in [4.69, 9.17) is 0 Å². The molecule has 1 aliphatic heterocycles. The van der Waals surface area contributed by atoms with Gasteiger partial charge in [0.2, 0.25) is 0 Å². The number of hydrogen-bond acceptors (Lipinski definition) is 5. The zero-order chi connectivity index (χ0) is 11.6. The van der Waals surface area contributed by atoms with Crippen molar-refractivity contribution in [3.63, 3.8) is 0 Å². The van der Waals surface area contributed by atoms with Gasteiger partial charge in [-0.2, -0.15) is 0 Å². The predicted octanol–water partition coefficient (Wildman–Crippen LogP) is 1.15. The normalized spacial score (nSPS) is 23.7. The molecule has 90 valence electrons. The SMILES string of the molecule is CNCCc1cnc(C2CCCS2(=O)=O)s1. The van der Waals surface area contributed by atoms with Gasteiger partial charge in [-0.15, -0.1) is 11.3 Å². The summed E-state index contributed by atoms with van der Waals surface area (Å²) in [5, 5.41) is 3.52. The minimum atomic E-state index is -2.92. The lowest BCUT2D eigenvalue weighted by atomic mass is 10.3. The number of rotatable bonds is 4. The number of likely N-dealkylation sites (N-methyl/N-ethyl adjacent to an activating group) is 1. The van der Waals surface area contributed by atoms with Crippen LogP contribution in [0.25, 0.3) is 0 Å².